The first-order chi connectivity index (χ1) is 7.56. The normalized spacial score (nSPS) is 14.0. The van der Waals surface area contributed by atoms with Gasteiger partial charge in [-0.3, -0.25) is 4.90 Å². The zero-order chi connectivity index (χ0) is 12.1. The number of rotatable bonds is 6. The summed E-state index contributed by atoms with van der Waals surface area (Å²) in [7, 11) is 0. The van der Waals surface area contributed by atoms with E-state index in [1.165, 1.54) is 4.88 Å². The molecule has 2 N–H and O–H groups in total. The van der Waals surface area contributed by atoms with Gasteiger partial charge in [-0.05, 0) is 31.2 Å². The van der Waals surface area contributed by atoms with Crippen LogP contribution in [0.2, 0.25) is 0 Å². The molecule has 1 rings (SSSR count). The van der Waals surface area contributed by atoms with Gasteiger partial charge in [0.2, 0.25) is 0 Å². The standard InChI is InChI=1S/C13H24N2S/c1-10(2)9-15(11(3)4)12(8-14)13-6-5-7-16-13/h5-7,10-12H,8-9,14H2,1-4H3. The van der Waals surface area contributed by atoms with Crippen molar-refractivity contribution in [2.75, 3.05) is 13.1 Å². The van der Waals surface area contributed by atoms with Crippen LogP contribution in [0.1, 0.15) is 38.6 Å². The molecule has 0 aliphatic heterocycles. The van der Waals surface area contributed by atoms with Gasteiger partial charge < -0.3 is 5.73 Å². The van der Waals surface area contributed by atoms with E-state index in [1.807, 2.05) is 0 Å². The van der Waals surface area contributed by atoms with Crippen molar-refractivity contribution in [2.24, 2.45) is 11.7 Å². The third-order valence-electron chi connectivity index (χ3n) is 2.73. The molecule has 3 heteroatoms. The molecular weight excluding hydrogens is 216 g/mol. The van der Waals surface area contributed by atoms with Crippen LogP contribution in [0.25, 0.3) is 0 Å². The van der Waals surface area contributed by atoms with Crippen molar-refractivity contribution in [3.63, 3.8) is 0 Å². The molecule has 0 saturated carbocycles. The first kappa shape index (κ1) is 13.7. The van der Waals surface area contributed by atoms with E-state index in [0.29, 0.717) is 24.5 Å². The second kappa shape index (κ2) is 6.38. The van der Waals surface area contributed by atoms with Gasteiger partial charge in [0, 0.05) is 24.0 Å². The fourth-order valence-corrected chi connectivity index (χ4v) is 2.88. The van der Waals surface area contributed by atoms with Crippen molar-refractivity contribution in [1.82, 2.24) is 4.90 Å². The summed E-state index contributed by atoms with van der Waals surface area (Å²) in [6, 6.07) is 5.22. The lowest BCUT2D eigenvalue weighted by molar-refractivity contribution is 0.140. The van der Waals surface area contributed by atoms with Gasteiger partial charge in [0.25, 0.3) is 0 Å². The highest BCUT2D eigenvalue weighted by Crippen LogP contribution is 2.26. The summed E-state index contributed by atoms with van der Waals surface area (Å²) >= 11 is 1.81. The van der Waals surface area contributed by atoms with Gasteiger partial charge in [0.1, 0.15) is 0 Å². The summed E-state index contributed by atoms with van der Waals surface area (Å²) in [4.78, 5) is 3.90. The second-order valence-electron chi connectivity index (χ2n) is 4.95. The Bertz CT molecular complexity index is 280. The van der Waals surface area contributed by atoms with Crippen LogP contribution in [0.3, 0.4) is 0 Å². The van der Waals surface area contributed by atoms with E-state index in [2.05, 4.69) is 50.1 Å². The Hall–Kier alpha value is -0.380. The predicted molar refractivity (Wildman–Crippen MR) is 72.8 cm³/mol. The first-order valence-electron chi connectivity index (χ1n) is 6.05. The van der Waals surface area contributed by atoms with Crippen molar-refractivity contribution in [2.45, 2.75) is 39.8 Å². The van der Waals surface area contributed by atoms with Gasteiger partial charge in [0.15, 0.2) is 0 Å². The zero-order valence-corrected chi connectivity index (χ0v) is 11.6. The summed E-state index contributed by atoms with van der Waals surface area (Å²) in [5.74, 6) is 0.677. The lowest BCUT2D eigenvalue weighted by Crippen LogP contribution is -2.40. The highest BCUT2D eigenvalue weighted by atomic mass is 32.1. The maximum absolute atomic E-state index is 5.94. The van der Waals surface area contributed by atoms with Crippen LogP contribution in [0.4, 0.5) is 0 Å². The molecule has 1 atom stereocenters. The monoisotopic (exact) mass is 240 g/mol. The van der Waals surface area contributed by atoms with Crippen LogP contribution in [-0.2, 0) is 0 Å². The minimum atomic E-state index is 0.377. The van der Waals surface area contributed by atoms with Gasteiger partial charge in [-0.15, -0.1) is 11.3 Å². The Balaban J connectivity index is 2.81. The van der Waals surface area contributed by atoms with Crippen LogP contribution in [0, 0.1) is 5.92 Å². The Morgan fingerprint density at radius 2 is 2.00 bits per heavy atom. The minimum absolute atomic E-state index is 0.377. The molecule has 1 heterocycles. The maximum Gasteiger partial charge on any atom is 0.0566 e. The molecule has 0 spiro atoms. The number of hydrogen-bond acceptors (Lipinski definition) is 3. The molecule has 0 aliphatic rings. The molecule has 2 nitrogen and oxygen atoms in total. The lowest BCUT2D eigenvalue weighted by Gasteiger charge is -2.35. The van der Waals surface area contributed by atoms with Crippen molar-refractivity contribution in [3.8, 4) is 0 Å². The Labute approximate surface area is 103 Å². The first-order valence-corrected chi connectivity index (χ1v) is 6.93. The number of hydrogen-bond donors (Lipinski definition) is 1. The fourth-order valence-electron chi connectivity index (χ4n) is 2.02. The highest BCUT2D eigenvalue weighted by molar-refractivity contribution is 7.10. The molecule has 0 fully saturated rings. The second-order valence-corrected chi connectivity index (χ2v) is 5.93. The summed E-state index contributed by atoms with van der Waals surface area (Å²) in [6.07, 6.45) is 0. The topological polar surface area (TPSA) is 29.3 Å². The molecule has 16 heavy (non-hydrogen) atoms. The molecular formula is C13H24N2S. The lowest BCUT2D eigenvalue weighted by atomic mass is 10.1. The SMILES string of the molecule is CC(C)CN(C(C)C)C(CN)c1cccs1. The number of nitrogens with zero attached hydrogens (tertiary/aromatic N) is 1. The van der Waals surface area contributed by atoms with Gasteiger partial charge in [-0.25, -0.2) is 0 Å². The third-order valence-corrected chi connectivity index (χ3v) is 3.71. The fraction of sp³-hybridized carbons (Fsp3) is 0.692. The zero-order valence-electron chi connectivity index (χ0n) is 10.8. The van der Waals surface area contributed by atoms with E-state index < -0.39 is 0 Å². The molecule has 0 amide bonds. The van der Waals surface area contributed by atoms with Crippen LogP contribution >= 0.6 is 11.3 Å². The van der Waals surface area contributed by atoms with E-state index >= 15 is 0 Å². The average Bonchev–Trinajstić information content (AvgIpc) is 2.70. The molecule has 0 aromatic carbocycles. The molecule has 0 saturated heterocycles. The van der Waals surface area contributed by atoms with Gasteiger partial charge in [-0.1, -0.05) is 19.9 Å². The van der Waals surface area contributed by atoms with Crippen LogP contribution in [-0.4, -0.2) is 24.0 Å². The molecule has 0 radical (unpaired) electrons. The van der Waals surface area contributed by atoms with E-state index in [4.69, 9.17) is 5.73 Å². The van der Waals surface area contributed by atoms with Crippen molar-refractivity contribution in [1.29, 1.82) is 0 Å². The quantitative estimate of drug-likeness (QED) is 0.828. The van der Waals surface area contributed by atoms with E-state index in [9.17, 15) is 0 Å². The third kappa shape index (κ3) is 3.58. The highest BCUT2D eigenvalue weighted by Gasteiger charge is 2.22. The smallest absolute Gasteiger partial charge is 0.0566 e. The molecule has 92 valence electrons. The summed E-state index contributed by atoms with van der Waals surface area (Å²) in [5.41, 5.74) is 5.94. The van der Waals surface area contributed by atoms with E-state index in [-0.39, 0.29) is 0 Å². The predicted octanol–water partition coefficient (Wildman–Crippen LogP) is 3.11. The molecule has 1 unspecified atom stereocenters. The van der Waals surface area contributed by atoms with Crippen molar-refractivity contribution >= 4 is 11.3 Å². The Morgan fingerprint density at radius 3 is 2.38 bits per heavy atom. The minimum Gasteiger partial charge on any atom is -0.329 e. The Morgan fingerprint density at radius 1 is 1.31 bits per heavy atom. The molecule has 1 aromatic heterocycles. The number of thiophene rings is 1. The summed E-state index contributed by atoms with van der Waals surface area (Å²) < 4.78 is 0. The summed E-state index contributed by atoms with van der Waals surface area (Å²) in [6.45, 7) is 10.8. The maximum atomic E-state index is 5.94. The van der Waals surface area contributed by atoms with Crippen LogP contribution in [0.5, 0.6) is 0 Å². The van der Waals surface area contributed by atoms with E-state index in [0.717, 1.165) is 6.54 Å². The largest absolute Gasteiger partial charge is 0.329 e. The average molecular weight is 240 g/mol. The van der Waals surface area contributed by atoms with Gasteiger partial charge in [-0.2, -0.15) is 0 Å². The van der Waals surface area contributed by atoms with Crippen molar-refractivity contribution < 1.29 is 0 Å². The molecule has 0 bridgehead atoms. The van der Waals surface area contributed by atoms with Gasteiger partial charge in [0.05, 0.1) is 6.04 Å². The molecule has 0 aliphatic carbocycles. The molecule has 1 aromatic rings. The number of nitrogens with two attached hydrogens (primary N) is 1. The summed E-state index contributed by atoms with van der Waals surface area (Å²) in [5, 5.41) is 2.13. The van der Waals surface area contributed by atoms with Gasteiger partial charge >= 0.3 is 0 Å². The van der Waals surface area contributed by atoms with Crippen LogP contribution < -0.4 is 5.73 Å². The van der Waals surface area contributed by atoms with E-state index in [1.54, 1.807) is 11.3 Å². The van der Waals surface area contributed by atoms with Crippen LogP contribution in [0.15, 0.2) is 17.5 Å². The Kier molecular flexibility index (Phi) is 5.46. The van der Waals surface area contributed by atoms with Crippen molar-refractivity contribution in [3.05, 3.63) is 22.4 Å².